The molecule has 13 nitrogen and oxygen atoms in total. The summed E-state index contributed by atoms with van der Waals surface area (Å²) in [6.07, 6.45) is 9.60. The van der Waals surface area contributed by atoms with Crippen molar-refractivity contribution in [1.82, 2.24) is 44.6 Å². The number of alkyl carbamates (subject to hydrolysis) is 1. The Kier molecular flexibility index (Phi) is 9.51. The number of hydrogen-bond donors (Lipinski definition) is 3. The van der Waals surface area contributed by atoms with Crippen molar-refractivity contribution >= 4 is 17.9 Å². The summed E-state index contributed by atoms with van der Waals surface area (Å²) in [4.78, 5) is 63.4. The van der Waals surface area contributed by atoms with E-state index in [1.165, 1.54) is 7.11 Å². The zero-order chi connectivity index (χ0) is 37.2. The first-order chi connectivity index (χ1) is 26.4. The lowest BCUT2D eigenvalue weighted by molar-refractivity contribution is -0.134. The number of benzene rings is 3. The van der Waals surface area contributed by atoms with E-state index >= 15 is 0 Å². The minimum absolute atomic E-state index is 0.0326. The quantitative estimate of drug-likeness (QED) is 0.152. The van der Waals surface area contributed by atoms with Crippen LogP contribution in [0.25, 0.3) is 33.6 Å². The van der Waals surface area contributed by atoms with E-state index in [1.54, 1.807) is 28.2 Å². The Morgan fingerprint density at radius 1 is 0.741 bits per heavy atom. The van der Waals surface area contributed by atoms with Crippen molar-refractivity contribution in [2.75, 3.05) is 20.2 Å². The van der Waals surface area contributed by atoms with E-state index in [1.807, 2.05) is 48.5 Å². The van der Waals surface area contributed by atoms with Crippen LogP contribution in [0.2, 0.25) is 0 Å². The molecule has 0 unspecified atom stereocenters. The highest BCUT2D eigenvalue weighted by Gasteiger charge is 2.37. The van der Waals surface area contributed by atoms with Crippen LogP contribution >= 0.6 is 0 Å². The predicted molar refractivity (Wildman–Crippen MR) is 202 cm³/mol. The number of nitrogens with zero attached hydrogens (tertiary/aromatic N) is 6. The number of aromatic nitrogens is 6. The van der Waals surface area contributed by atoms with Crippen molar-refractivity contribution < 1.29 is 19.1 Å². The third kappa shape index (κ3) is 6.75. The lowest BCUT2D eigenvalue weighted by Gasteiger charge is -2.28. The number of ether oxygens (including phenoxy) is 1. The number of rotatable bonds is 9. The summed E-state index contributed by atoms with van der Waals surface area (Å²) in [5.41, 5.74) is 7.16. The Hall–Kier alpha value is -6.50. The highest BCUT2D eigenvalue weighted by atomic mass is 16.5. The second-order valence-electron chi connectivity index (χ2n) is 13.7. The van der Waals surface area contributed by atoms with Gasteiger partial charge in [0.1, 0.15) is 23.4 Å². The first-order valence-corrected chi connectivity index (χ1v) is 18.2. The van der Waals surface area contributed by atoms with Gasteiger partial charge in [-0.25, -0.2) is 19.7 Å². The van der Waals surface area contributed by atoms with Gasteiger partial charge in [0.05, 0.1) is 55.5 Å². The molecule has 54 heavy (non-hydrogen) atoms. The number of nitrogens with one attached hydrogen (secondary N) is 3. The number of aromatic amines is 2. The largest absolute Gasteiger partial charge is 0.453 e. The fraction of sp³-hybridized carbons (Fsp3) is 0.268. The van der Waals surface area contributed by atoms with Gasteiger partial charge in [-0.3, -0.25) is 9.59 Å². The smallest absolute Gasteiger partial charge is 0.407 e. The number of carbonyl (C=O) groups is 3. The van der Waals surface area contributed by atoms with E-state index < -0.39 is 12.1 Å². The van der Waals surface area contributed by atoms with Gasteiger partial charge < -0.3 is 34.4 Å². The SMILES string of the molecule is COC(=O)N[C@@H](C(=O)N1CCC[C@H]1c1ncc(-c2ccc(-c3ccc(-c4cnc([C@@H]5CCCN5C(=O)c5cncn5C)[nH]4)cc3)cc2)[nH]1)c1ccccc1. The molecule has 3 amide bonds. The summed E-state index contributed by atoms with van der Waals surface area (Å²) < 4.78 is 6.57. The Morgan fingerprint density at radius 2 is 1.28 bits per heavy atom. The van der Waals surface area contributed by atoms with Crippen molar-refractivity contribution in [2.24, 2.45) is 7.05 Å². The summed E-state index contributed by atoms with van der Waals surface area (Å²) in [5, 5.41) is 2.71. The molecule has 3 atom stereocenters. The van der Waals surface area contributed by atoms with Gasteiger partial charge in [-0.2, -0.15) is 0 Å². The number of amides is 3. The van der Waals surface area contributed by atoms with Gasteiger partial charge in [-0.15, -0.1) is 0 Å². The average molecular weight is 724 g/mol. The number of H-pyrrole nitrogens is 2. The standard InChI is InChI=1S/C41H41N9O4/c1-48-25-42-24-35(48)39(51)49-20-6-10-33(49)37-43-22-31(45-37)28-16-12-26(13-17-28)27-14-18-29(19-15-27)32-23-44-38(46-32)34-11-7-21-50(34)40(52)36(47-41(53)54-2)30-8-4-3-5-9-30/h3-5,8-9,12-19,22-25,33-34,36H,6-7,10-11,20-21H2,1-2H3,(H,43,45)(H,44,46)(H,47,53)/t33-,34-,36+/m0/s1. The maximum Gasteiger partial charge on any atom is 0.407 e. The van der Waals surface area contributed by atoms with Gasteiger partial charge in [0.15, 0.2) is 0 Å². The van der Waals surface area contributed by atoms with E-state index in [9.17, 15) is 14.4 Å². The van der Waals surface area contributed by atoms with Crippen molar-refractivity contribution in [3.8, 4) is 33.6 Å². The first kappa shape index (κ1) is 34.6. The van der Waals surface area contributed by atoms with Crippen LogP contribution in [0.4, 0.5) is 4.79 Å². The van der Waals surface area contributed by atoms with Gasteiger partial charge in [-0.05, 0) is 53.5 Å². The van der Waals surface area contributed by atoms with Gasteiger partial charge in [0.2, 0.25) is 0 Å². The van der Waals surface area contributed by atoms with E-state index in [4.69, 9.17) is 9.72 Å². The molecule has 2 saturated heterocycles. The minimum Gasteiger partial charge on any atom is -0.453 e. The number of imidazole rings is 3. The van der Waals surface area contributed by atoms with Crippen molar-refractivity contribution in [3.05, 3.63) is 127 Å². The molecule has 3 aromatic heterocycles. The Balaban J connectivity index is 0.935. The number of likely N-dealkylation sites (tertiary alicyclic amines) is 2. The van der Waals surface area contributed by atoms with Crippen LogP contribution in [0.3, 0.4) is 0 Å². The second kappa shape index (κ2) is 14.9. The molecular formula is C41H41N9O4. The fourth-order valence-corrected chi connectivity index (χ4v) is 7.58. The first-order valence-electron chi connectivity index (χ1n) is 18.2. The van der Waals surface area contributed by atoms with Crippen molar-refractivity contribution in [1.29, 1.82) is 0 Å². The zero-order valence-corrected chi connectivity index (χ0v) is 30.1. The van der Waals surface area contributed by atoms with Crippen molar-refractivity contribution in [3.63, 3.8) is 0 Å². The Bertz CT molecular complexity index is 2260. The van der Waals surface area contributed by atoms with E-state index in [-0.39, 0.29) is 23.9 Å². The molecule has 0 spiro atoms. The van der Waals surface area contributed by atoms with Crippen LogP contribution in [0.1, 0.15) is 71.5 Å². The molecule has 0 bridgehead atoms. The molecule has 2 aliphatic heterocycles. The van der Waals surface area contributed by atoms with E-state index in [0.717, 1.165) is 65.1 Å². The molecule has 3 aromatic carbocycles. The normalized spacial score (nSPS) is 17.4. The summed E-state index contributed by atoms with van der Waals surface area (Å²) in [7, 11) is 3.11. The van der Waals surface area contributed by atoms with Crippen LogP contribution in [0.15, 0.2) is 104 Å². The molecule has 0 saturated carbocycles. The van der Waals surface area contributed by atoms with Gasteiger partial charge >= 0.3 is 6.09 Å². The molecule has 0 aliphatic carbocycles. The zero-order valence-electron chi connectivity index (χ0n) is 30.1. The lowest BCUT2D eigenvalue weighted by atomic mass is 10.0. The molecule has 3 N–H and O–H groups in total. The number of hydrogen-bond acceptors (Lipinski definition) is 7. The third-order valence-electron chi connectivity index (χ3n) is 10.5. The number of methoxy groups -OCH3 is 1. The molecule has 6 aromatic rings. The summed E-state index contributed by atoms with van der Waals surface area (Å²) in [6, 6.07) is 24.6. The third-order valence-corrected chi connectivity index (χ3v) is 10.5. The summed E-state index contributed by atoms with van der Waals surface area (Å²) >= 11 is 0. The maximum atomic E-state index is 13.9. The van der Waals surface area contributed by atoms with Crippen LogP contribution < -0.4 is 5.32 Å². The average Bonchev–Trinajstić information content (AvgIpc) is 4.07. The monoisotopic (exact) mass is 723 g/mol. The highest BCUT2D eigenvalue weighted by molar-refractivity contribution is 5.93. The molecular weight excluding hydrogens is 683 g/mol. The Morgan fingerprint density at radius 3 is 1.81 bits per heavy atom. The topological polar surface area (TPSA) is 154 Å². The predicted octanol–water partition coefficient (Wildman–Crippen LogP) is 6.61. The van der Waals surface area contributed by atoms with E-state index in [2.05, 4.69) is 73.8 Å². The molecule has 5 heterocycles. The van der Waals surface area contributed by atoms with Gasteiger partial charge in [-0.1, -0.05) is 78.9 Å². The molecule has 0 radical (unpaired) electrons. The van der Waals surface area contributed by atoms with Crippen LogP contribution in [-0.2, 0) is 16.6 Å². The number of aryl methyl sites for hydroxylation is 1. The summed E-state index contributed by atoms with van der Waals surface area (Å²) in [6.45, 7) is 1.25. The summed E-state index contributed by atoms with van der Waals surface area (Å²) in [5.74, 6) is 1.26. The maximum absolute atomic E-state index is 13.9. The van der Waals surface area contributed by atoms with Crippen molar-refractivity contribution in [2.45, 2.75) is 43.8 Å². The molecule has 274 valence electrons. The molecule has 2 aliphatic rings. The van der Waals surface area contributed by atoms with Gasteiger partial charge in [0.25, 0.3) is 11.8 Å². The Labute approximate surface area is 312 Å². The van der Waals surface area contributed by atoms with E-state index in [0.29, 0.717) is 30.2 Å². The lowest BCUT2D eigenvalue weighted by Crippen LogP contribution is -2.42. The van der Waals surface area contributed by atoms with Crippen LogP contribution in [0, 0.1) is 0 Å². The minimum atomic E-state index is -0.870. The fourth-order valence-electron chi connectivity index (χ4n) is 7.58. The van der Waals surface area contributed by atoms with Crippen LogP contribution in [-0.4, -0.2) is 77.4 Å². The molecule has 8 rings (SSSR count). The molecule has 13 heteroatoms. The molecule has 2 fully saturated rings. The second-order valence-corrected chi connectivity index (χ2v) is 13.7. The number of carbonyl (C=O) groups excluding carboxylic acids is 3. The highest BCUT2D eigenvalue weighted by Crippen LogP contribution is 2.36. The van der Waals surface area contributed by atoms with Gasteiger partial charge in [0, 0.05) is 20.1 Å². The van der Waals surface area contributed by atoms with Crippen LogP contribution in [0.5, 0.6) is 0 Å².